The van der Waals surface area contributed by atoms with E-state index in [4.69, 9.17) is 9.22 Å². The molecule has 0 atom stereocenters. The Balaban J connectivity index is 0. The summed E-state index contributed by atoms with van der Waals surface area (Å²) in [5, 5.41) is 8.15. The zero-order valence-corrected chi connectivity index (χ0v) is 13.3. The number of aliphatic hydroxyl groups is 1. The number of rotatable bonds is 5. The van der Waals surface area contributed by atoms with E-state index in [-0.39, 0.29) is 6.61 Å². The SMILES string of the molecule is C=CCCCO.C[Si](C)(C)O[Si](C)(C)C. The van der Waals surface area contributed by atoms with Gasteiger partial charge in [-0.25, -0.2) is 0 Å². The Kier molecular flexibility index (Phi) is 9.64. The molecule has 0 spiro atoms. The quantitative estimate of drug-likeness (QED) is 0.457. The summed E-state index contributed by atoms with van der Waals surface area (Å²) in [4.78, 5) is 0. The van der Waals surface area contributed by atoms with Crippen LogP contribution in [-0.4, -0.2) is 28.3 Å². The maximum Gasteiger partial charge on any atom is 0.170 e. The van der Waals surface area contributed by atoms with E-state index in [1.165, 1.54) is 0 Å². The van der Waals surface area contributed by atoms with Crippen LogP contribution in [0, 0.1) is 0 Å². The second-order valence-corrected chi connectivity index (χ2v) is 14.7. The Hall–Kier alpha value is 0.0938. The van der Waals surface area contributed by atoms with E-state index in [1.807, 2.05) is 0 Å². The van der Waals surface area contributed by atoms with E-state index in [9.17, 15) is 0 Å². The molecular formula is C11H28O2Si2. The number of hydrogen-bond acceptors (Lipinski definition) is 2. The van der Waals surface area contributed by atoms with Gasteiger partial charge in [-0.05, 0) is 52.1 Å². The summed E-state index contributed by atoms with van der Waals surface area (Å²) in [6, 6.07) is 0. The molecule has 4 heteroatoms. The largest absolute Gasteiger partial charge is 0.456 e. The number of hydrogen-bond donors (Lipinski definition) is 1. The van der Waals surface area contributed by atoms with Gasteiger partial charge >= 0.3 is 0 Å². The molecule has 0 saturated carbocycles. The van der Waals surface area contributed by atoms with Gasteiger partial charge in [-0.1, -0.05) is 6.08 Å². The predicted molar refractivity (Wildman–Crippen MR) is 74.3 cm³/mol. The Bertz CT molecular complexity index is 145. The topological polar surface area (TPSA) is 29.5 Å². The Morgan fingerprint density at radius 1 is 1.07 bits per heavy atom. The molecule has 1 N–H and O–H groups in total. The number of unbranched alkanes of at least 4 members (excludes halogenated alkanes) is 1. The average Bonchev–Trinajstić information content (AvgIpc) is 1.94. The van der Waals surface area contributed by atoms with Crippen LogP contribution in [0.5, 0.6) is 0 Å². The Morgan fingerprint density at radius 2 is 1.47 bits per heavy atom. The van der Waals surface area contributed by atoms with Crippen molar-refractivity contribution >= 4 is 16.6 Å². The highest BCUT2D eigenvalue weighted by molar-refractivity contribution is 6.83. The van der Waals surface area contributed by atoms with E-state index in [1.54, 1.807) is 6.08 Å². The van der Waals surface area contributed by atoms with Crippen LogP contribution in [0.1, 0.15) is 12.8 Å². The second-order valence-electron chi connectivity index (χ2n) is 5.48. The molecule has 92 valence electrons. The third kappa shape index (κ3) is 24.9. The zero-order valence-electron chi connectivity index (χ0n) is 11.3. The summed E-state index contributed by atoms with van der Waals surface area (Å²) in [6.07, 6.45) is 3.58. The van der Waals surface area contributed by atoms with Crippen molar-refractivity contribution in [3.8, 4) is 0 Å². The number of aliphatic hydroxyl groups excluding tert-OH is 1. The standard InChI is InChI=1S/C6H18OSi2.C5H10O/c1-8(2,3)7-9(4,5)6;1-2-3-4-5-6/h1-6H3;2,6H,1,3-5H2. The van der Waals surface area contributed by atoms with Gasteiger partial charge in [-0.3, -0.25) is 0 Å². The normalized spacial score (nSPS) is 11.7. The predicted octanol–water partition coefficient (Wildman–Crippen LogP) is 3.62. The van der Waals surface area contributed by atoms with Crippen LogP contribution in [-0.2, 0) is 4.12 Å². The zero-order chi connectivity index (χ0) is 12.5. The van der Waals surface area contributed by atoms with Gasteiger partial charge in [-0.2, -0.15) is 0 Å². The molecule has 0 bridgehead atoms. The van der Waals surface area contributed by atoms with Crippen LogP contribution in [0.25, 0.3) is 0 Å². The van der Waals surface area contributed by atoms with Gasteiger partial charge < -0.3 is 9.22 Å². The first-order chi connectivity index (χ1) is 6.62. The molecule has 15 heavy (non-hydrogen) atoms. The first kappa shape index (κ1) is 17.5. The summed E-state index contributed by atoms with van der Waals surface area (Å²) in [6.45, 7) is 17.2. The monoisotopic (exact) mass is 248 g/mol. The van der Waals surface area contributed by atoms with Crippen molar-refractivity contribution in [2.24, 2.45) is 0 Å². The Morgan fingerprint density at radius 3 is 1.53 bits per heavy atom. The van der Waals surface area contributed by atoms with E-state index in [0.717, 1.165) is 12.8 Å². The fourth-order valence-corrected chi connectivity index (χ4v) is 8.50. The third-order valence-corrected chi connectivity index (χ3v) is 6.08. The average molecular weight is 249 g/mol. The lowest BCUT2D eigenvalue weighted by molar-refractivity contribution is 0.289. The molecule has 0 aliphatic carbocycles. The molecule has 0 aromatic heterocycles. The molecule has 0 unspecified atom stereocenters. The van der Waals surface area contributed by atoms with Crippen LogP contribution in [0.15, 0.2) is 12.7 Å². The molecule has 0 amide bonds. The van der Waals surface area contributed by atoms with E-state index >= 15 is 0 Å². The summed E-state index contributed by atoms with van der Waals surface area (Å²) >= 11 is 0. The molecule has 0 saturated heterocycles. The van der Waals surface area contributed by atoms with E-state index in [0.29, 0.717) is 0 Å². The lowest BCUT2D eigenvalue weighted by Gasteiger charge is -2.27. The van der Waals surface area contributed by atoms with Crippen LogP contribution >= 0.6 is 0 Å². The fourth-order valence-electron chi connectivity index (χ4n) is 1.15. The first-order valence-corrected chi connectivity index (χ1v) is 12.4. The highest BCUT2D eigenvalue weighted by Crippen LogP contribution is 2.12. The molecule has 0 radical (unpaired) electrons. The lowest BCUT2D eigenvalue weighted by atomic mass is 10.3. The van der Waals surface area contributed by atoms with Gasteiger partial charge in [-0.15, -0.1) is 6.58 Å². The van der Waals surface area contributed by atoms with Crippen LogP contribution < -0.4 is 0 Å². The molecule has 0 heterocycles. The minimum absolute atomic E-state index is 0.284. The van der Waals surface area contributed by atoms with E-state index in [2.05, 4.69) is 45.9 Å². The van der Waals surface area contributed by atoms with Crippen molar-refractivity contribution in [3.63, 3.8) is 0 Å². The van der Waals surface area contributed by atoms with Crippen molar-refractivity contribution < 1.29 is 9.22 Å². The maximum absolute atomic E-state index is 8.15. The van der Waals surface area contributed by atoms with Crippen molar-refractivity contribution in [1.29, 1.82) is 0 Å². The van der Waals surface area contributed by atoms with Crippen molar-refractivity contribution in [3.05, 3.63) is 12.7 Å². The highest BCUT2D eigenvalue weighted by Gasteiger charge is 2.24. The van der Waals surface area contributed by atoms with Gasteiger partial charge in [0.05, 0.1) is 0 Å². The van der Waals surface area contributed by atoms with Gasteiger partial charge in [0, 0.05) is 6.61 Å². The van der Waals surface area contributed by atoms with Crippen LogP contribution in [0.4, 0.5) is 0 Å². The molecule has 0 aromatic rings. The van der Waals surface area contributed by atoms with Crippen LogP contribution in [0.3, 0.4) is 0 Å². The molecule has 0 aliphatic heterocycles. The van der Waals surface area contributed by atoms with Gasteiger partial charge in [0.1, 0.15) is 0 Å². The number of allylic oxidation sites excluding steroid dienone is 1. The fraction of sp³-hybridized carbons (Fsp3) is 0.818. The summed E-state index contributed by atoms with van der Waals surface area (Å²) in [7, 11) is -2.46. The van der Waals surface area contributed by atoms with Crippen LogP contribution in [0.2, 0.25) is 39.3 Å². The van der Waals surface area contributed by atoms with Crippen molar-refractivity contribution in [2.75, 3.05) is 6.61 Å². The molecule has 0 fully saturated rings. The van der Waals surface area contributed by atoms with E-state index < -0.39 is 16.6 Å². The second kappa shape index (κ2) is 8.27. The lowest BCUT2D eigenvalue weighted by Crippen LogP contribution is -2.39. The minimum atomic E-state index is -1.23. The summed E-state index contributed by atoms with van der Waals surface area (Å²) < 4.78 is 5.90. The molecular weight excluding hydrogens is 220 g/mol. The minimum Gasteiger partial charge on any atom is -0.456 e. The smallest absolute Gasteiger partial charge is 0.170 e. The van der Waals surface area contributed by atoms with Gasteiger partial charge in [0.15, 0.2) is 16.6 Å². The summed E-state index contributed by atoms with van der Waals surface area (Å²) in [5.74, 6) is 0. The third-order valence-electron chi connectivity index (χ3n) is 1.18. The molecule has 2 nitrogen and oxygen atoms in total. The maximum atomic E-state index is 8.15. The van der Waals surface area contributed by atoms with Gasteiger partial charge in [0.25, 0.3) is 0 Å². The van der Waals surface area contributed by atoms with Gasteiger partial charge in [0.2, 0.25) is 0 Å². The molecule has 0 aliphatic rings. The first-order valence-electron chi connectivity index (χ1n) is 5.54. The van der Waals surface area contributed by atoms with Crippen molar-refractivity contribution in [2.45, 2.75) is 52.1 Å². The molecule has 0 rings (SSSR count). The van der Waals surface area contributed by atoms with Crippen molar-refractivity contribution in [1.82, 2.24) is 0 Å². The Labute approximate surface area is 97.6 Å². The summed E-state index contributed by atoms with van der Waals surface area (Å²) in [5.41, 5.74) is 0. The highest BCUT2D eigenvalue weighted by atomic mass is 28.4. The molecule has 0 aromatic carbocycles.